The summed E-state index contributed by atoms with van der Waals surface area (Å²) in [7, 11) is 0. The highest BCUT2D eigenvalue weighted by Gasteiger charge is 2.23. The fraction of sp³-hybridized carbons (Fsp3) is 0.0976. The molecule has 3 heterocycles. The maximum atomic E-state index is 4.78. The van der Waals surface area contributed by atoms with Crippen molar-refractivity contribution in [1.29, 1.82) is 0 Å². The van der Waals surface area contributed by atoms with Gasteiger partial charge in [0.15, 0.2) is 0 Å². The Morgan fingerprint density at radius 2 is 1.41 bits per heavy atom. The zero-order chi connectivity index (χ0) is 30.6. The van der Waals surface area contributed by atoms with E-state index in [0.29, 0.717) is 0 Å². The highest BCUT2D eigenvalue weighted by atomic mass is 15.1. The highest BCUT2D eigenvalue weighted by Crippen LogP contribution is 2.43. The maximum Gasteiger partial charge on any atom is 0.137 e. The van der Waals surface area contributed by atoms with Crippen LogP contribution in [0.5, 0.6) is 0 Å². The van der Waals surface area contributed by atoms with E-state index in [1.807, 2.05) is 50.4 Å². The molecule has 0 spiro atoms. The van der Waals surface area contributed by atoms with Crippen molar-refractivity contribution in [1.82, 2.24) is 14.1 Å². The van der Waals surface area contributed by atoms with Gasteiger partial charge in [-0.25, -0.2) is 4.98 Å². The molecular weight excluding hydrogens is 534 g/mol. The van der Waals surface area contributed by atoms with Crippen molar-refractivity contribution in [3.63, 3.8) is 0 Å². The van der Waals surface area contributed by atoms with Gasteiger partial charge in [0.25, 0.3) is 0 Å². The molecule has 0 unspecified atom stereocenters. The van der Waals surface area contributed by atoms with E-state index in [-0.39, 0.29) is 0 Å². The number of hydrogen-bond acceptors (Lipinski definition) is 1. The van der Waals surface area contributed by atoms with Crippen LogP contribution in [0.4, 0.5) is 0 Å². The zero-order valence-electron chi connectivity index (χ0n) is 25.8. The molecule has 216 valence electrons. The Balaban J connectivity index is 0.000000381. The summed E-state index contributed by atoms with van der Waals surface area (Å²) in [6.07, 6.45) is 11.9. The number of aromatic nitrogens is 3. The summed E-state index contributed by atoms with van der Waals surface area (Å²) in [4.78, 5) is 4.78. The molecule has 0 fully saturated rings. The number of allylic oxidation sites excluding steroid dienone is 7. The van der Waals surface area contributed by atoms with E-state index < -0.39 is 0 Å². The molecule has 0 aliphatic rings. The molecule has 4 aromatic carbocycles. The van der Waals surface area contributed by atoms with Crippen LogP contribution in [-0.4, -0.2) is 14.1 Å². The second kappa shape index (κ2) is 12.4. The molecule has 3 aromatic heterocycles. The lowest BCUT2D eigenvalue weighted by Crippen LogP contribution is -1.96. The Labute approximate surface area is 259 Å². The first-order valence-electron chi connectivity index (χ1n) is 15.1. The predicted molar refractivity (Wildman–Crippen MR) is 191 cm³/mol. The van der Waals surface area contributed by atoms with Gasteiger partial charge in [-0.05, 0) is 86.0 Å². The molecule has 44 heavy (non-hydrogen) atoms. The van der Waals surface area contributed by atoms with E-state index in [9.17, 15) is 0 Å². The number of nitrogens with zero attached hydrogens (tertiary/aromatic N) is 3. The molecule has 0 radical (unpaired) electrons. The molecule has 0 aliphatic heterocycles. The molecule has 0 saturated carbocycles. The fourth-order valence-corrected chi connectivity index (χ4v) is 5.86. The minimum absolute atomic E-state index is 0.926. The Kier molecular flexibility index (Phi) is 8.12. The highest BCUT2D eigenvalue weighted by molar-refractivity contribution is 6.26. The molecule has 7 rings (SSSR count). The summed E-state index contributed by atoms with van der Waals surface area (Å²) < 4.78 is 4.75. The van der Waals surface area contributed by atoms with Gasteiger partial charge in [0, 0.05) is 22.7 Å². The third-order valence-electron chi connectivity index (χ3n) is 8.03. The van der Waals surface area contributed by atoms with Crippen LogP contribution in [0.25, 0.3) is 60.7 Å². The van der Waals surface area contributed by atoms with E-state index >= 15 is 0 Å². The predicted octanol–water partition coefficient (Wildman–Crippen LogP) is 11.4. The smallest absolute Gasteiger partial charge is 0.137 e. The lowest BCUT2D eigenvalue weighted by molar-refractivity contribution is 1.08. The van der Waals surface area contributed by atoms with Crippen molar-refractivity contribution >= 4 is 49.2 Å². The van der Waals surface area contributed by atoms with Crippen LogP contribution >= 0.6 is 0 Å². The summed E-state index contributed by atoms with van der Waals surface area (Å²) in [6.45, 7) is 11.9. The molecule has 3 nitrogen and oxygen atoms in total. The van der Waals surface area contributed by atoms with Crippen LogP contribution in [0.15, 0.2) is 152 Å². The first kappa shape index (κ1) is 28.7. The Hall–Kier alpha value is -5.41. The van der Waals surface area contributed by atoms with Gasteiger partial charge < -0.3 is 4.57 Å². The minimum atomic E-state index is 0.926. The molecule has 0 N–H and O–H groups in total. The van der Waals surface area contributed by atoms with Gasteiger partial charge in [0.2, 0.25) is 0 Å². The number of hydrogen-bond donors (Lipinski definition) is 0. The van der Waals surface area contributed by atoms with Gasteiger partial charge in [-0.2, -0.15) is 0 Å². The third kappa shape index (κ3) is 5.18. The second-order valence-corrected chi connectivity index (χ2v) is 11.0. The van der Waals surface area contributed by atoms with Crippen molar-refractivity contribution in [2.45, 2.75) is 27.7 Å². The van der Waals surface area contributed by atoms with Crippen LogP contribution < -0.4 is 0 Å². The SMILES string of the molecule is C/C=C(\C)c1ccc(-n2c3ccc4ccccc4c3c3c2c2ccccc2n3-c2ccccn2)cc1.C=C(C)/C=C\C=C/C. The van der Waals surface area contributed by atoms with Gasteiger partial charge in [-0.3, -0.25) is 4.57 Å². The van der Waals surface area contributed by atoms with Crippen molar-refractivity contribution in [2.24, 2.45) is 0 Å². The first-order valence-corrected chi connectivity index (χ1v) is 15.1. The van der Waals surface area contributed by atoms with Gasteiger partial charge in [-0.1, -0.05) is 109 Å². The summed E-state index contributed by atoms with van der Waals surface area (Å²) >= 11 is 0. The van der Waals surface area contributed by atoms with Crippen molar-refractivity contribution in [2.75, 3.05) is 0 Å². The fourth-order valence-electron chi connectivity index (χ4n) is 5.86. The van der Waals surface area contributed by atoms with Crippen molar-refractivity contribution in [3.05, 3.63) is 157 Å². The number of benzene rings is 4. The molecule has 0 amide bonds. The summed E-state index contributed by atoms with van der Waals surface area (Å²) in [5, 5.41) is 4.95. The molecule has 3 heteroatoms. The van der Waals surface area contributed by atoms with Crippen LogP contribution in [0.3, 0.4) is 0 Å². The van der Waals surface area contributed by atoms with Crippen LogP contribution in [-0.2, 0) is 0 Å². The molecule has 0 atom stereocenters. The van der Waals surface area contributed by atoms with Gasteiger partial charge in [0.1, 0.15) is 5.82 Å². The number of pyridine rings is 1. The Bertz CT molecular complexity index is 2200. The minimum Gasteiger partial charge on any atom is -0.307 e. The zero-order valence-corrected chi connectivity index (χ0v) is 25.8. The summed E-state index contributed by atoms with van der Waals surface area (Å²) in [5.41, 5.74) is 9.52. The summed E-state index contributed by atoms with van der Waals surface area (Å²) in [5.74, 6) is 0.926. The summed E-state index contributed by atoms with van der Waals surface area (Å²) in [6, 6.07) is 36.9. The number of rotatable bonds is 5. The first-order chi connectivity index (χ1) is 21.5. The van der Waals surface area contributed by atoms with Crippen molar-refractivity contribution < 1.29 is 0 Å². The Morgan fingerprint density at radius 3 is 2.11 bits per heavy atom. The largest absolute Gasteiger partial charge is 0.307 e. The molecule has 0 bridgehead atoms. The van der Waals surface area contributed by atoms with E-state index in [2.05, 4.69) is 133 Å². The van der Waals surface area contributed by atoms with Gasteiger partial charge >= 0.3 is 0 Å². The van der Waals surface area contributed by atoms with Crippen LogP contribution in [0.2, 0.25) is 0 Å². The Morgan fingerprint density at radius 1 is 0.682 bits per heavy atom. The van der Waals surface area contributed by atoms with E-state index in [0.717, 1.165) is 22.6 Å². The van der Waals surface area contributed by atoms with Crippen LogP contribution in [0, 0.1) is 0 Å². The quantitative estimate of drug-likeness (QED) is 0.188. The second-order valence-electron chi connectivity index (χ2n) is 11.0. The van der Waals surface area contributed by atoms with Gasteiger partial charge in [-0.15, -0.1) is 0 Å². The van der Waals surface area contributed by atoms with Crippen LogP contribution in [0.1, 0.15) is 33.3 Å². The average molecular weight is 572 g/mol. The number of para-hydroxylation sites is 1. The lowest BCUT2D eigenvalue weighted by atomic mass is 10.1. The molecule has 0 aliphatic carbocycles. The normalized spacial score (nSPS) is 12.1. The lowest BCUT2D eigenvalue weighted by Gasteiger charge is -2.10. The monoisotopic (exact) mass is 571 g/mol. The molecular formula is C41H37N3. The molecule has 7 aromatic rings. The van der Waals surface area contributed by atoms with E-state index in [1.165, 1.54) is 49.2 Å². The number of fused-ring (bicyclic) bond motifs is 7. The maximum absolute atomic E-state index is 4.78. The standard InChI is InChI=1S/C33H25N3.C8H12/c1-3-22(2)23-15-18-25(19-16-23)35-29-20-17-24-10-4-5-11-26(24)31(29)33-32(35)27-12-6-7-13-28(27)36(33)30-14-8-9-21-34-30;1-4-5-6-7-8(2)3/h3-21H,1-2H3;4-7H,2H2,1,3H3/b22-3+;5-4-,7-6-. The van der Waals surface area contributed by atoms with E-state index in [4.69, 9.17) is 4.98 Å². The van der Waals surface area contributed by atoms with E-state index in [1.54, 1.807) is 0 Å². The van der Waals surface area contributed by atoms with Crippen molar-refractivity contribution in [3.8, 4) is 11.5 Å². The third-order valence-corrected chi connectivity index (χ3v) is 8.03. The topological polar surface area (TPSA) is 22.8 Å². The van der Waals surface area contributed by atoms with Gasteiger partial charge in [0.05, 0.1) is 22.1 Å². The molecule has 0 saturated heterocycles. The average Bonchev–Trinajstić information content (AvgIpc) is 3.58.